The van der Waals surface area contributed by atoms with E-state index in [1.807, 2.05) is 13.0 Å². The third-order valence-electron chi connectivity index (χ3n) is 4.14. The molecule has 1 atom stereocenters. The van der Waals surface area contributed by atoms with Crippen LogP contribution in [0.15, 0.2) is 47.6 Å². The number of alkyl halides is 3. The van der Waals surface area contributed by atoms with Crippen LogP contribution >= 0.6 is 12.4 Å². The number of carbonyl (C=O) groups is 1. The Balaban J connectivity index is 0.00000320. The van der Waals surface area contributed by atoms with Crippen molar-refractivity contribution in [1.82, 2.24) is 4.98 Å². The van der Waals surface area contributed by atoms with Crippen molar-refractivity contribution in [3.63, 3.8) is 0 Å². The van der Waals surface area contributed by atoms with Gasteiger partial charge in [0.1, 0.15) is 29.4 Å². The first-order valence-electron chi connectivity index (χ1n) is 8.64. The van der Waals surface area contributed by atoms with Crippen LogP contribution in [0.25, 0.3) is 0 Å². The summed E-state index contributed by atoms with van der Waals surface area (Å²) < 4.78 is 46.6. The smallest absolute Gasteiger partial charge is 0.422 e. The lowest BCUT2D eigenvalue weighted by atomic mass is 9.92. The molecule has 0 saturated heterocycles. The van der Waals surface area contributed by atoms with Crippen molar-refractivity contribution in [3.8, 4) is 5.75 Å². The van der Waals surface area contributed by atoms with Crippen molar-refractivity contribution in [2.45, 2.75) is 18.6 Å². The van der Waals surface area contributed by atoms with Gasteiger partial charge >= 0.3 is 6.18 Å². The molecule has 1 unspecified atom stereocenters. The minimum Gasteiger partial charge on any atom is -0.483 e. The molecule has 1 aliphatic heterocycles. The lowest BCUT2D eigenvalue weighted by Crippen LogP contribution is -2.37. The number of amides is 1. The maximum atomic E-state index is 12.4. The molecule has 30 heavy (non-hydrogen) atoms. The highest BCUT2D eigenvalue weighted by Crippen LogP contribution is 2.30. The number of amidine groups is 1. The van der Waals surface area contributed by atoms with Gasteiger partial charge in [0.05, 0.1) is 12.8 Å². The quantitative estimate of drug-likeness (QED) is 0.737. The van der Waals surface area contributed by atoms with E-state index in [0.29, 0.717) is 18.1 Å². The van der Waals surface area contributed by atoms with Crippen molar-refractivity contribution in [2.24, 2.45) is 10.7 Å². The maximum Gasteiger partial charge on any atom is 0.422 e. The monoisotopic (exact) mass is 444 g/mol. The van der Waals surface area contributed by atoms with Crippen molar-refractivity contribution < 1.29 is 27.4 Å². The number of hydrogen-bond donors (Lipinski definition) is 2. The van der Waals surface area contributed by atoms with E-state index in [4.69, 9.17) is 10.5 Å². The Hall–Kier alpha value is -2.85. The maximum absolute atomic E-state index is 12.4. The second-order valence-corrected chi connectivity index (χ2v) is 6.69. The Morgan fingerprint density at radius 1 is 1.33 bits per heavy atom. The number of aromatic nitrogens is 1. The first-order chi connectivity index (χ1) is 13.6. The number of halogens is 4. The number of nitrogens with zero attached hydrogens (tertiary/aromatic N) is 2. The third-order valence-corrected chi connectivity index (χ3v) is 4.14. The Morgan fingerprint density at radius 3 is 2.73 bits per heavy atom. The molecule has 2 aromatic rings. The molecule has 11 heteroatoms. The van der Waals surface area contributed by atoms with E-state index >= 15 is 0 Å². The van der Waals surface area contributed by atoms with Gasteiger partial charge in [-0.1, -0.05) is 12.1 Å². The van der Waals surface area contributed by atoms with E-state index in [9.17, 15) is 18.0 Å². The zero-order valence-corrected chi connectivity index (χ0v) is 16.7. The summed E-state index contributed by atoms with van der Waals surface area (Å²) in [6.07, 6.45) is -3.38. The summed E-state index contributed by atoms with van der Waals surface area (Å²) >= 11 is 0. The molecule has 2 heterocycles. The van der Waals surface area contributed by atoms with E-state index in [1.54, 1.807) is 18.2 Å². The molecule has 0 aliphatic carbocycles. The first-order valence-corrected chi connectivity index (χ1v) is 8.64. The van der Waals surface area contributed by atoms with Crippen molar-refractivity contribution >= 4 is 29.8 Å². The molecule has 162 valence electrons. The summed E-state index contributed by atoms with van der Waals surface area (Å²) in [5.41, 5.74) is 6.45. The summed E-state index contributed by atoms with van der Waals surface area (Å²) in [6.45, 7) is 1.08. The highest BCUT2D eigenvalue weighted by molar-refractivity contribution is 6.02. The minimum atomic E-state index is -4.45. The Morgan fingerprint density at radius 2 is 2.10 bits per heavy atom. The summed E-state index contributed by atoms with van der Waals surface area (Å²) in [5.74, 6) is -0.204. The van der Waals surface area contributed by atoms with Crippen LogP contribution in [-0.4, -0.2) is 42.7 Å². The Labute approximate surface area is 176 Å². The van der Waals surface area contributed by atoms with Gasteiger partial charge in [0.15, 0.2) is 6.61 Å². The second-order valence-electron chi connectivity index (χ2n) is 6.69. The molecule has 0 fully saturated rings. The molecule has 1 aliphatic rings. The first kappa shape index (κ1) is 23.4. The largest absolute Gasteiger partial charge is 0.483 e. The summed E-state index contributed by atoms with van der Waals surface area (Å²) in [4.78, 5) is 20.7. The zero-order valence-electron chi connectivity index (χ0n) is 15.9. The standard InChI is InChI=1S/C19H19F3N4O3.ClH/c1-18(10-28-9-16(23)26-18)12-3-2-4-13(7-12)25-17(27)15-6-5-14(8-24-15)29-11-19(20,21)22;/h2-8H,9-11H2,1H3,(H2,23,26)(H,25,27);1H. The number of benzene rings is 1. The number of nitrogens with two attached hydrogens (primary N) is 1. The molecule has 0 bridgehead atoms. The lowest BCUT2D eigenvalue weighted by molar-refractivity contribution is -0.153. The van der Waals surface area contributed by atoms with Crippen LogP contribution in [0.2, 0.25) is 0 Å². The highest BCUT2D eigenvalue weighted by atomic mass is 35.5. The molecule has 1 aromatic heterocycles. The van der Waals surface area contributed by atoms with E-state index in [-0.39, 0.29) is 30.5 Å². The lowest BCUT2D eigenvalue weighted by Gasteiger charge is -2.30. The van der Waals surface area contributed by atoms with Crippen molar-refractivity contribution in [1.29, 1.82) is 0 Å². The number of carbonyl (C=O) groups excluding carboxylic acids is 1. The van der Waals surface area contributed by atoms with E-state index in [2.05, 4.69) is 20.0 Å². The normalized spacial score (nSPS) is 18.7. The van der Waals surface area contributed by atoms with E-state index in [0.717, 1.165) is 11.8 Å². The van der Waals surface area contributed by atoms with Gasteiger partial charge in [0.2, 0.25) is 0 Å². The number of ether oxygens (including phenoxy) is 2. The van der Waals surface area contributed by atoms with Crippen LogP contribution in [0.3, 0.4) is 0 Å². The fraction of sp³-hybridized carbons (Fsp3) is 0.316. The van der Waals surface area contributed by atoms with Crippen LogP contribution < -0.4 is 15.8 Å². The number of hydrogen-bond acceptors (Lipinski definition) is 6. The van der Waals surface area contributed by atoms with Gasteiger partial charge in [-0.15, -0.1) is 12.4 Å². The number of anilines is 1. The summed E-state index contributed by atoms with van der Waals surface area (Å²) in [6, 6.07) is 9.60. The van der Waals surface area contributed by atoms with E-state index in [1.165, 1.54) is 12.1 Å². The summed E-state index contributed by atoms with van der Waals surface area (Å²) in [5, 5.41) is 2.70. The topological polar surface area (TPSA) is 98.8 Å². The molecule has 3 rings (SSSR count). The van der Waals surface area contributed by atoms with Crippen molar-refractivity contribution in [3.05, 3.63) is 53.9 Å². The van der Waals surface area contributed by atoms with Gasteiger partial charge in [-0.25, -0.2) is 4.98 Å². The molecule has 1 amide bonds. The second kappa shape index (κ2) is 9.31. The van der Waals surface area contributed by atoms with Crippen LogP contribution in [0.4, 0.5) is 18.9 Å². The van der Waals surface area contributed by atoms with Gasteiger partial charge in [0, 0.05) is 5.69 Å². The van der Waals surface area contributed by atoms with Gasteiger partial charge < -0.3 is 20.5 Å². The average Bonchev–Trinajstić information content (AvgIpc) is 2.66. The number of nitrogens with one attached hydrogen (secondary N) is 1. The van der Waals surface area contributed by atoms with Crippen LogP contribution in [0.1, 0.15) is 23.0 Å². The Kier molecular flexibility index (Phi) is 7.27. The van der Waals surface area contributed by atoms with Gasteiger partial charge in [-0.2, -0.15) is 13.2 Å². The van der Waals surface area contributed by atoms with Crippen molar-refractivity contribution in [2.75, 3.05) is 25.1 Å². The van der Waals surface area contributed by atoms with Crippen LogP contribution in [-0.2, 0) is 10.3 Å². The highest BCUT2D eigenvalue weighted by Gasteiger charge is 2.30. The molecule has 0 radical (unpaired) electrons. The van der Waals surface area contributed by atoms with E-state index < -0.39 is 24.2 Å². The summed E-state index contributed by atoms with van der Waals surface area (Å²) in [7, 11) is 0. The molecular formula is C19H20ClF3N4O3. The molecular weight excluding hydrogens is 425 g/mol. The van der Waals surface area contributed by atoms with Gasteiger partial charge in [-0.3, -0.25) is 9.79 Å². The third kappa shape index (κ3) is 6.07. The average molecular weight is 445 g/mol. The molecule has 3 N–H and O–H groups in total. The molecule has 1 aromatic carbocycles. The predicted molar refractivity (Wildman–Crippen MR) is 107 cm³/mol. The van der Waals surface area contributed by atoms with Crippen LogP contribution in [0, 0.1) is 0 Å². The molecule has 0 spiro atoms. The molecule has 0 saturated carbocycles. The van der Waals surface area contributed by atoms with Crippen LogP contribution in [0.5, 0.6) is 5.75 Å². The SMILES string of the molecule is CC1(c2cccc(NC(=O)c3ccc(OCC(F)(F)F)cn3)c2)COCC(N)=N1.Cl. The van der Waals surface area contributed by atoms with Gasteiger partial charge in [0.25, 0.3) is 5.91 Å². The number of rotatable bonds is 5. The predicted octanol–water partition coefficient (Wildman–Crippen LogP) is 3.30. The fourth-order valence-corrected chi connectivity index (χ4v) is 2.78. The number of pyridine rings is 1. The molecule has 7 nitrogen and oxygen atoms in total. The zero-order chi connectivity index (χ0) is 21.1. The number of aliphatic imine (C=N–C) groups is 1. The van der Waals surface area contributed by atoms with Gasteiger partial charge in [-0.05, 0) is 36.8 Å². The Bertz CT molecular complexity index is 922. The minimum absolute atomic E-state index is 0. The fourth-order valence-electron chi connectivity index (χ4n) is 2.78.